The molecular formula is C18H22O. The van der Waals surface area contributed by atoms with Crippen LogP contribution >= 0.6 is 0 Å². The molecule has 1 atom stereocenters. The molecule has 1 N–H and O–H groups in total. The highest BCUT2D eigenvalue weighted by atomic mass is 16.3. The normalized spacial score (nSPS) is 14.1. The molecule has 1 unspecified atom stereocenters. The minimum absolute atomic E-state index is 0.158. The molecular weight excluding hydrogens is 232 g/mol. The quantitative estimate of drug-likeness (QED) is 0.880. The van der Waals surface area contributed by atoms with Crippen LogP contribution < -0.4 is 0 Å². The van der Waals surface area contributed by atoms with Gasteiger partial charge in [-0.25, -0.2) is 0 Å². The summed E-state index contributed by atoms with van der Waals surface area (Å²) in [6.07, 6.45) is 0.856. The van der Waals surface area contributed by atoms with Crippen LogP contribution in [0.2, 0.25) is 0 Å². The molecule has 2 aromatic carbocycles. The van der Waals surface area contributed by atoms with Gasteiger partial charge in [0.15, 0.2) is 0 Å². The second kappa shape index (κ2) is 5.58. The lowest BCUT2D eigenvalue weighted by molar-refractivity contribution is 0.204. The minimum atomic E-state index is -0.222. The van der Waals surface area contributed by atoms with Crippen LogP contribution in [-0.4, -0.2) is 11.7 Å². The zero-order valence-electron chi connectivity index (χ0n) is 12.0. The van der Waals surface area contributed by atoms with Gasteiger partial charge in [0.1, 0.15) is 0 Å². The van der Waals surface area contributed by atoms with Gasteiger partial charge in [0, 0.05) is 5.41 Å². The third-order valence-electron chi connectivity index (χ3n) is 3.86. The summed E-state index contributed by atoms with van der Waals surface area (Å²) >= 11 is 0. The van der Waals surface area contributed by atoms with Crippen molar-refractivity contribution in [2.24, 2.45) is 0 Å². The maximum Gasteiger partial charge on any atom is 0.0528 e. The molecule has 2 aromatic rings. The lowest BCUT2D eigenvalue weighted by atomic mass is 9.76. The van der Waals surface area contributed by atoms with Crippen molar-refractivity contribution in [3.05, 3.63) is 70.8 Å². The van der Waals surface area contributed by atoms with Crippen LogP contribution in [-0.2, 0) is 11.8 Å². The second-order valence-corrected chi connectivity index (χ2v) is 5.70. The van der Waals surface area contributed by atoms with Crippen molar-refractivity contribution in [3.8, 4) is 0 Å². The second-order valence-electron chi connectivity index (χ2n) is 5.70. The molecule has 0 fully saturated rings. The smallest absolute Gasteiger partial charge is 0.0528 e. The molecule has 0 aliphatic carbocycles. The third kappa shape index (κ3) is 3.05. The zero-order valence-corrected chi connectivity index (χ0v) is 12.0. The maximum atomic E-state index is 9.88. The predicted molar refractivity (Wildman–Crippen MR) is 80.5 cm³/mol. The van der Waals surface area contributed by atoms with Crippen molar-refractivity contribution in [2.75, 3.05) is 6.61 Å². The summed E-state index contributed by atoms with van der Waals surface area (Å²) in [5, 5.41) is 9.88. The Kier molecular flexibility index (Phi) is 4.06. The van der Waals surface area contributed by atoms with Gasteiger partial charge in [0.25, 0.3) is 0 Å². The number of hydrogen-bond acceptors (Lipinski definition) is 1. The van der Waals surface area contributed by atoms with Gasteiger partial charge < -0.3 is 5.11 Å². The van der Waals surface area contributed by atoms with E-state index in [9.17, 15) is 5.11 Å². The van der Waals surface area contributed by atoms with Crippen LogP contribution in [0, 0.1) is 13.8 Å². The van der Waals surface area contributed by atoms with Crippen molar-refractivity contribution in [2.45, 2.75) is 32.6 Å². The van der Waals surface area contributed by atoms with E-state index in [-0.39, 0.29) is 12.0 Å². The van der Waals surface area contributed by atoms with Crippen LogP contribution in [0.5, 0.6) is 0 Å². The molecule has 19 heavy (non-hydrogen) atoms. The van der Waals surface area contributed by atoms with Gasteiger partial charge in [-0.3, -0.25) is 0 Å². The number of rotatable bonds is 4. The van der Waals surface area contributed by atoms with Gasteiger partial charge in [0.05, 0.1) is 6.61 Å². The van der Waals surface area contributed by atoms with Crippen LogP contribution in [0.3, 0.4) is 0 Å². The summed E-state index contributed by atoms with van der Waals surface area (Å²) in [6, 6.07) is 16.9. The number of benzene rings is 2. The van der Waals surface area contributed by atoms with Crippen LogP contribution in [0.25, 0.3) is 0 Å². The third-order valence-corrected chi connectivity index (χ3v) is 3.86. The summed E-state index contributed by atoms with van der Waals surface area (Å²) in [7, 11) is 0. The van der Waals surface area contributed by atoms with Gasteiger partial charge in [-0.1, -0.05) is 61.0 Å². The first-order valence-electron chi connectivity index (χ1n) is 6.78. The van der Waals surface area contributed by atoms with Crippen LogP contribution in [0.15, 0.2) is 48.5 Å². The molecule has 0 saturated heterocycles. The van der Waals surface area contributed by atoms with E-state index in [1.807, 2.05) is 12.1 Å². The Morgan fingerprint density at radius 2 is 1.58 bits per heavy atom. The maximum absolute atomic E-state index is 9.88. The highest BCUT2D eigenvalue weighted by Gasteiger charge is 2.27. The van der Waals surface area contributed by atoms with E-state index in [1.165, 1.54) is 22.3 Å². The van der Waals surface area contributed by atoms with Crippen molar-refractivity contribution in [1.82, 2.24) is 0 Å². The predicted octanol–water partition coefficient (Wildman–Crippen LogP) is 3.80. The van der Waals surface area contributed by atoms with Gasteiger partial charge in [-0.05, 0) is 37.0 Å². The minimum Gasteiger partial charge on any atom is -0.395 e. The number of aliphatic hydroxyl groups is 1. The fraction of sp³-hybridized carbons (Fsp3) is 0.333. The fourth-order valence-corrected chi connectivity index (χ4v) is 2.64. The monoisotopic (exact) mass is 254 g/mol. The number of aryl methyl sites for hydroxylation is 2. The van der Waals surface area contributed by atoms with Crippen molar-refractivity contribution in [3.63, 3.8) is 0 Å². The lowest BCUT2D eigenvalue weighted by Gasteiger charge is -2.30. The summed E-state index contributed by atoms with van der Waals surface area (Å²) in [4.78, 5) is 0. The molecule has 0 bridgehead atoms. The molecule has 0 spiro atoms. The van der Waals surface area contributed by atoms with Crippen LogP contribution in [0.4, 0.5) is 0 Å². The van der Waals surface area contributed by atoms with Gasteiger partial charge in [-0.15, -0.1) is 0 Å². The Morgan fingerprint density at radius 3 is 2.16 bits per heavy atom. The molecule has 1 nitrogen and oxygen atoms in total. The molecule has 0 aromatic heterocycles. The van der Waals surface area contributed by atoms with E-state index in [0.29, 0.717) is 0 Å². The van der Waals surface area contributed by atoms with E-state index in [1.54, 1.807) is 0 Å². The van der Waals surface area contributed by atoms with Gasteiger partial charge in [0.2, 0.25) is 0 Å². The molecule has 0 aliphatic rings. The number of hydrogen-bond donors (Lipinski definition) is 1. The lowest BCUT2D eigenvalue weighted by Crippen LogP contribution is -2.30. The summed E-state index contributed by atoms with van der Waals surface area (Å²) in [6.45, 7) is 6.50. The first-order chi connectivity index (χ1) is 9.05. The SMILES string of the molecule is Cc1ccc(CC(C)(CO)c2ccccc2C)cc1. The molecule has 0 heterocycles. The van der Waals surface area contributed by atoms with Crippen LogP contribution in [0.1, 0.15) is 29.2 Å². The van der Waals surface area contributed by atoms with E-state index in [2.05, 4.69) is 57.2 Å². The standard InChI is InChI=1S/C18H22O/c1-14-8-10-16(11-9-14)12-18(3,13-19)17-7-5-4-6-15(17)2/h4-11,19H,12-13H2,1-3H3. The summed E-state index contributed by atoms with van der Waals surface area (Å²) in [5.74, 6) is 0. The molecule has 0 aliphatic heterocycles. The zero-order chi connectivity index (χ0) is 13.9. The number of aliphatic hydroxyl groups excluding tert-OH is 1. The van der Waals surface area contributed by atoms with Gasteiger partial charge in [-0.2, -0.15) is 0 Å². The molecule has 100 valence electrons. The Hall–Kier alpha value is -1.60. The fourth-order valence-electron chi connectivity index (χ4n) is 2.64. The van der Waals surface area contributed by atoms with Crippen molar-refractivity contribution >= 4 is 0 Å². The first kappa shape index (κ1) is 13.8. The van der Waals surface area contributed by atoms with E-state index >= 15 is 0 Å². The van der Waals surface area contributed by atoms with Gasteiger partial charge >= 0.3 is 0 Å². The van der Waals surface area contributed by atoms with E-state index in [4.69, 9.17) is 0 Å². The molecule has 0 amide bonds. The van der Waals surface area contributed by atoms with E-state index < -0.39 is 0 Å². The van der Waals surface area contributed by atoms with Crippen molar-refractivity contribution in [1.29, 1.82) is 0 Å². The molecule has 1 heteroatoms. The highest BCUT2D eigenvalue weighted by molar-refractivity contribution is 5.35. The molecule has 0 radical (unpaired) electrons. The Balaban J connectivity index is 2.33. The van der Waals surface area contributed by atoms with Crippen molar-refractivity contribution < 1.29 is 5.11 Å². The average molecular weight is 254 g/mol. The largest absolute Gasteiger partial charge is 0.395 e. The highest BCUT2D eigenvalue weighted by Crippen LogP contribution is 2.30. The topological polar surface area (TPSA) is 20.2 Å². The Bertz CT molecular complexity index is 542. The first-order valence-corrected chi connectivity index (χ1v) is 6.78. The molecule has 0 saturated carbocycles. The Labute approximate surface area is 115 Å². The average Bonchev–Trinajstić information content (AvgIpc) is 2.42. The molecule has 2 rings (SSSR count). The summed E-state index contributed by atoms with van der Waals surface area (Å²) in [5.41, 5.74) is 4.79. The Morgan fingerprint density at radius 1 is 0.947 bits per heavy atom. The summed E-state index contributed by atoms with van der Waals surface area (Å²) < 4.78 is 0. The van der Waals surface area contributed by atoms with E-state index in [0.717, 1.165) is 6.42 Å².